The van der Waals surface area contributed by atoms with Crippen LogP contribution in [0.2, 0.25) is 0 Å². The van der Waals surface area contributed by atoms with Crippen LogP contribution in [0.25, 0.3) is 21.8 Å². The summed E-state index contributed by atoms with van der Waals surface area (Å²) in [6.07, 6.45) is 1.90. The first-order chi connectivity index (χ1) is 15.0. The summed E-state index contributed by atoms with van der Waals surface area (Å²) < 4.78 is 7.36. The second-order valence-corrected chi connectivity index (χ2v) is 8.70. The number of ether oxygens (including phenoxy) is 1. The first-order valence-electron chi connectivity index (χ1n) is 10.1. The molecular weight excluding hydrogens is 406 g/mol. The van der Waals surface area contributed by atoms with Crippen molar-refractivity contribution in [2.45, 2.75) is 19.8 Å². The number of methoxy groups -OCH3 is 1. The molecular formula is C25H21N3O2S. The molecule has 1 atom stereocenters. The number of fused-ring (bicyclic) bond motifs is 2. The number of hydrogen-bond acceptors (Lipinski definition) is 5. The molecule has 0 bridgehead atoms. The topological polar surface area (TPSA) is 56.5 Å². The van der Waals surface area contributed by atoms with Gasteiger partial charge >= 0.3 is 0 Å². The summed E-state index contributed by atoms with van der Waals surface area (Å²) in [6, 6.07) is 20.4. The third-order valence-electron chi connectivity index (χ3n) is 5.50. The molecule has 0 amide bonds. The molecule has 0 aliphatic rings. The summed E-state index contributed by atoms with van der Waals surface area (Å²) >= 11 is 1.37. The van der Waals surface area contributed by atoms with E-state index < -0.39 is 0 Å². The molecule has 5 rings (SSSR count). The molecule has 5 aromatic rings. The van der Waals surface area contributed by atoms with Gasteiger partial charge in [-0.15, -0.1) is 5.10 Å². The number of rotatable bonds is 4. The number of nitrogens with zero attached hydrogens (tertiary/aromatic N) is 3. The van der Waals surface area contributed by atoms with E-state index in [9.17, 15) is 4.79 Å². The average molecular weight is 428 g/mol. The standard InChI is InChI=1S/C25H21N3O2S/c1-15-5-4-6-17(11-15)12-22-24(29)28-25(31-22)26-23(27-28)16(2)18-7-8-20-14-21(30-3)10-9-19(20)13-18/h4-14,16H,1-3H3/b22-12-/t16-/m0/s1. The highest BCUT2D eigenvalue weighted by atomic mass is 32.1. The van der Waals surface area contributed by atoms with Crippen LogP contribution in [0.4, 0.5) is 0 Å². The maximum Gasteiger partial charge on any atom is 0.291 e. The molecule has 0 N–H and O–H groups in total. The van der Waals surface area contributed by atoms with Crippen LogP contribution in [0, 0.1) is 6.92 Å². The molecule has 154 valence electrons. The maximum absolute atomic E-state index is 12.9. The van der Waals surface area contributed by atoms with E-state index in [2.05, 4.69) is 41.3 Å². The number of aryl methyl sites for hydroxylation is 1. The largest absolute Gasteiger partial charge is 0.497 e. The van der Waals surface area contributed by atoms with Crippen molar-refractivity contribution in [2.75, 3.05) is 7.11 Å². The molecule has 0 saturated heterocycles. The lowest BCUT2D eigenvalue weighted by molar-refractivity contribution is 0.415. The minimum Gasteiger partial charge on any atom is -0.497 e. The zero-order valence-electron chi connectivity index (χ0n) is 17.5. The summed E-state index contributed by atoms with van der Waals surface area (Å²) in [7, 11) is 1.67. The van der Waals surface area contributed by atoms with Crippen LogP contribution in [0.3, 0.4) is 0 Å². The van der Waals surface area contributed by atoms with Crippen molar-refractivity contribution in [3.63, 3.8) is 0 Å². The van der Waals surface area contributed by atoms with Gasteiger partial charge in [-0.25, -0.2) is 4.98 Å². The van der Waals surface area contributed by atoms with Crippen LogP contribution >= 0.6 is 11.3 Å². The molecule has 0 saturated carbocycles. The molecule has 0 radical (unpaired) electrons. The third-order valence-corrected chi connectivity index (χ3v) is 6.46. The lowest BCUT2D eigenvalue weighted by atomic mass is 9.97. The highest BCUT2D eigenvalue weighted by Gasteiger charge is 2.17. The predicted molar refractivity (Wildman–Crippen MR) is 125 cm³/mol. The summed E-state index contributed by atoms with van der Waals surface area (Å²) in [4.78, 5) is 18.1. The first-order valence-corrected chi connectivity index (χ1v) is 10.9. The van der Waals surface area contributed by atoms with E-state index in [4.69, 9.17) is 4.74 Å². The fourth-order valence-corrected chi connectivity index (χ4v) is 4.65. The molecule has 0 spiro atoms. The van der Waals surface area contributed by atoms with Gasteiger partial charge in [0.2, 0.25) is 4.96 Å². The Labute approximate surface area is 183 Å². The van der Waals surface area contributed by atoms with Gasteiger partial charge in [-0.1, -0.05) is 72.4 Å². The van der Waals surface area contributed by atoms with E-state index in [-0.39, 0.29) is 11.5 Å². The van der Waals surface area contributed by atoms with Gasteiger partial charge in [0.15, 0.2) is 5.82 Å². The summed E-state index contributed by atoms with van der Waals surface area (Å²) in [5.41, 5.74) is 3.14. The van der Waals surface area contributed by atoms with Crippen molar-refractivity contribution < 1.29 is 4.74 Å². The Bertz CT molecular complexity index is 1530. The normalized spacial score (nSPS) is 13.2. The lowest BCUT2D eigenvalue weighted by Crippen LogP contribution is -2.24. The third kappa shape index (κ3) is 3.59. The number of hydrogen-bond donors (Lipinski definition) is 0. The Kier molecular flexibility index (Phi) is 4.79. The van der Waals surface area contributed by atoms with Crippen molar-refractivity contribution in [3.05, 3.63) is 98.1 Å². The van der Waals surface area contributed by atoms with Gasteiger partial charge in [-0.05, 0) is 47.0 Å². The van der Waals surface area contributed by atoms with E-state index in [0.29, 0.717) is 15.3 Å². The Morgan fingerprint density at radius 3 is 2.65 bits per heavy atom. The SMILES string of the molecule is COc1ccc2cc([C@H](C)c3nc4s/c(=C\c5cccc(C)c5)c(=O)n4n3)ccc2c1. The zero-order valence-corrected chi connectivity index (χ0v) is 18.3. The van der Waals surface area contributed by atoms with Gasteiger partial charge in [0, 0.05) is 5.92 Å². The number of thiazole rings is 1. The molecule has 0 aliphatic carbocycles. The molecule has 2 heterocycles. The first kappa shape index (κ1) is 19.5. The van der Waals surface area contributed by atoms with Crippen LogP contribution in [0.5, 0.6) is 5.75 Å². The van der Waals surface area contributed by atoms with E-state index in [1.165, 1.54) is 15.9 Å². The maximum atomic E-state index is 12.9. The quantitative estimate of drug-likeness (QED) is 0.429. The van der Waals surface area contributed by atoms with Crippen LogP contribution < -0.4 is 14.8 Å². The highest BCUT2D eigenvalue weighted by Crippen LogP contribution is 2.27. The molecule has 2 aromatic heterocycles. The highest BCUT2D eigenvalue weighted by molar-refractivity contribution is 7.15. The minimum absolute atomic E-state index is 0.0257. The van der Waals surface area contributed by atoms with E-state index in [1.807, 2.05) is 49.4 Å². The number of aromatic nitrogens is 3. The molecule has 0 unspecified atom stereocenters. The Balaban J connectivity index is 1.51. The summed E-state index contributed by atoms with van der Waals surface area (Å²) in [5, 5.41) is 6.79. The van der Waals surface area contributed by atoms with Gasteiger partial charge in [0.1, 0.15) is 5.75 Å². The van der Waals surface area contributed by atoms with Crippen molar-refractivity contribution in [1.82, 2.24) is 14.6 Å². The molecule has 31 heavy (non-hydrogen) atoms. The molecule has 5 nitrogen and oxygen atoms in total. The van der Waals surface area contributed by atoms with Gasteiger partial charge in [0.25, 0.3) is 5.56 Å². The zero-order chi connectivity index (χ0) is 21.5. The van der Waals surface area contributed by atoms with Gasteiger partial charge < -0.3 is 4.74 Å². The van der Waals surface area contributed by atoms with Crippen LogP contribution in [0.1, 0.15) is 35.4 Å². The van der Waals surface area contributed by atoms with Crippen molar-refractivity contribution in [2.24, 2.45) is 0 Å². The van der Waals surface area contributed by atoms with Crippen LogP contribution in [0.15, 0.2) is 65.5 Å². The Hall–Kier alpha value is -3.51. The second-order valence-electron chi connectivity index (χ2n) is 7.69. The van der Waals surface area contributed by atoms with Gasteiger partial charge in [-0.3, -0.25) is 4.79 Å². The second kappa shape index (κ2) is 7.63. The van der Waals surface area contributed by atoms with Crippen LogP contribution in [-0.4, -0.2) is 21.7 Å². The average Bonchev–Trinajstić information content (AvgIpc) is 3.32. The predicted octanol–water partition coefficient (Wildman–Crippen LogP) is 4.32. The fourth-order valence-electron chi connectivity index (χ4n) is 3.73. The molecule has 6 heteroatoms. The Morgan fingerprint density at radius 1 is 1.06 bits per heavy atom. The summed E-state index contributed by atoms with van der Waals surface area (Å²) in [5.74, 6) is 1.46. The smallest absolute Gasteiger partial charge is 0.291 e. The monoisotopic (exact) mass is 427 g/mol. The molecule has 3 aromatic carbocycles. The van der Waals surface area contributed by atoms with Gasteiger partial charge in [0.05, 0.1) is 11.6 Å². The summed E-state index contributed by atoms with van der Waals surface area (Å²) in [6.45, 7) is 4.10. The molecule has 0 fully saturated rings. The number of benzene rings is 3. The van der Waals surface area contributed by atoms with Gasteiger partial charge in [-0.2, -0.15) is 4.52 Å². The minimum atomic E-state index is -0.127. The van der Waals surface area contributed by atoms with Crippen molar-refractivity contribution in [3.8, 4) is 5.75 Å². The molecule has 0 aliphatic heterocycles. The lowest BCUT2D eigenvalue weighted by Gasteiger charge is -2.10. The van der Waals surface area contributed by atoms with Crippen molar-refractivity contribution in [1.29, 1.82) is 0 Å². The van der Waals surface area contributed by atoms with E-state index in [1.54, 1.807) is 7.11 Å². The van der Waals surface area contributed by atoms with E-state index >= 15 is 0 Å². The Morgan fingerprint density at radius 2 is 1.87 bits per heavy atom. The fraction of sp³-hybridized carbons (Fsp3) is 0.160. The van der Waals surface area contributed by atoms with Crippen molar-refractivity contribution >= 4 is 33.1 Å². The van der Waals surface area contributed by atoms with Crippen LogP contribution in [-0.2, 0) is 0 Å². The van der Waals surface area contributed by atoms with E-state index in [0.717, 1.165) is 33.2 Å².